The summed E-state index contributed by atoms with van der Waals surface area (Å²) in [4.78, 5) is 15.1. The monoisotopic (exact) mass is 464 g/mol. The molecule has 2 aliphatic rings. The Kier molecular flexibility index (Phi) is 5.00. The summed E-state index contributed by atoms with van der Waals surface area (Å²) >= 11 is 0. The minimum atomic E-state index is -0.502. The van der Waals surface area contributed by atoms with Crippen LogP contribution < -0.4 is 10.1 Å². The Morgan fingerprint density at radius 3 is 2.83 bits per heavy atom. The molecule has 2 heterocycles. The molecule has 6 nitrogen and oxygen atoms in total. The number of amides is 1. The van der Waals surface area contributed by atoms with Crippen molar-refractivity contribution in [3.8, 4) is 5.75 Å². The van der Waals surface area contributed by atoms with Crippen LogP contribution in [-0.4, -0.2) is 42.2 Å². The highest BCUT2D eigenvalue weighted by Crippen LogP contribution is 2.65. The molecule has 1 aliphatic heterocycles. The van der Waals surface area contributed by atoms with Gasteiger partial charge in [0.1, 0.15) is 5.75 Å². The summed E-state index contributed by atoms with van der Waals surface area (Å²) < 4.78 is 5.41. The van der Waals surface area contributed by atoms with Crippen LogP contribution in [-0.2, 0) is 16.8 Å². The van der Waals surface area contributed by atoms with Crippen molar-refractivity contribution in [2.24, 2.45) is 0 Å². The fourth-order valence-corrected chi connectivity index (χ4v) is 5.44. The molecule has 1 aromatic heterocycles. The van der Waals surface area contributed by atoms with Crippen LogP contribution in [0.4, 0.5) is 5.69 Å². The highest BCUT2D eigenvalue weighted by atomic mass is 16.5. The molecule has 2 atom stereocenters. The number of methoxy groups -OCH3 is 1. The van der Waals surface area contributed by atoms with Gasteiger partial charge in [-0.25, -0.2) is 0 Å². The average Bonchev–Trinajstić information content (AvgIpc) is 3.39. The number of anilines is 1. The van der Waals surface area contributed by atoms with Crippen molar-refractivity contribution in [3.05, 3.63) is 88.6 Å². The maximum atomic E-state index is 13.0. The Morgan fingerprint density at radius 1 is 1.11 bits per heavy atom. The lowest BCUT2D eigenvalue weighted by Gasteiger charge is -2.10. The van der Waals surface area contributed by atoms with Gasteiger partial charge in [0.15, 0.2) is 0 Å². The number of hydrogen-bond donors (Lipinski definition) is 2. The number of hydrogen-bond acceptors (Lipinski definition) is 4. The Balaban J connectivity index is 1.27. The van der Waals surface area contributed by atoms with Crippen LogP contribution in [0.2, 0.25) is 0 Å². The third-order valence-corrected chi connectivity index (χ3v) is 7.22. The summed E-state index contributed by atoms with van der Waals surface area (Å²) in [7, 11) is 5.80. The second kappa shape index (κ2) is 8.10. The highest BCUT2D eigenvalue weighted by molar-refractivity contribution is 6.10. The smallest absolute Gasteiger partial charge is 0.235 e. The highest BCUT2D eigenvalue weighted by Gasteiger charge is 2.65. The second-order valence-electron chi connectivity index (χ2n) is 9.82. The van der Waals surface area contributed by atoms with Crippen molar-refractivity contribution in [2.45, 2.75) is 24.3 Å². The Labute approximate surface area is 204 Å². The first-order valence-electron chi connectivity index (χ1n) is 11.9. The Hall–Kier alpha value is -3.90. The van der Waals surface area contributed by atoms with Gasteiger partial charge in [0.25, 0.3) is 0 Å². The van der Waals surface area contributed by atoms with Gasteiger partial charge >= 0.3 is 0 Å². The van der Waals surface area contributed by atoms with Crippen LogP contribution in [0.1, 0.15) is 40.3 Å². The lowest BCUT2D eigenvalue weighted by Crippen LogP contribution is -2.21. The Morgan fingerprint density at radius 2 is 2.00 bits per heavy atom. The summed E-state index contributed by atoms with van der Waals surface area (Å²) in [5, 5.41) is 11.9. The first-order chi connectivity index (χ1) is 17.0. The molecule has 6 rings (SSSR count). The molecule has 176 valence electrons. The number of H-pyrrole nitrogens is 1. The zero-order valence-electron chi connectivity index (χ0n) is 20.1. The topological polar surface area (TPSA) is 70.2 Å². The maximum absolute atomic E-state index is 13.0. The first-order valence-corrected chi connectivity index (χ1v) is 11.9. The molecule has 1 spiro atoms. The van der Waals surface area contributed by atoms with Crippen LogP contribution in [0.3, 0.4) is 0 Å². The minimum Gasteiger partial charge on any atom is -0.497 e. The van der Waals surface area contributed by atoms with Gasteiger partial charge in [0, 0.05) is 23.5 Å². The average molecular weight is 465 g/mol. The molecule has 0 radical (unpaired) electrons. The summed E-state index contributed by atoms with van der Waals surface area (Å²) in [6.45, 7) is 0.910. The number of rotatable bonds is 6. The molecule has 2 N–H and O–H groups in total. The SMILES string of the molecule is COc1ccc2c(c1)C1(CC1c1ccc3c(C=Cc4cccc(CN(C)C)c4)n[nH]c3c1)C(=O)N2. The number of nitrogens with one attached hydrogen (secondary N) is 2. The Bertz CT molecular complexity index is 1490. The fourth-order valence-electron chi connectivity index (χ4n) is 5.44. The van der Waals surface area contributed by atoms with Crippen LogP contribution in [0.5, 0.6) is 5.75 Å². The maximum Gasteiger partial charge on any atom is 0.235 e. The molecule has 1 aliphatic carbocycles. The number of aromatic amines is 1. The quantitative estimate of drug-likeness (QED) is 0.413. The van der Waals surface area contributed by atoms with E-state index in [4.69, 9.17) is 4.74 Å². The van der Waals surface area contributed by atoms with Crippen LogP contribution in [0, 0.1) is 0 Å². The lowest BCUT2D eigenvalue weighted by atomic mass is 9.91. The van der Waals surface area contributed by atoms with Crippen molar-refractivity contribution < 1.29 is 9.53 Å². The molecule has 3 aromatic carbocycles. The number of nitrogens with zero attached hydrogens (tertiary/aromatic N) is 2. The van der Waals surface area contributed by atoms with Gasteiger partial charge in [-0.15, -0.1) is 0 Å². The van der Waals surface area contributed by atoms with Crippen molar-refractivity contribution >= 4 is 34.6 Å². The van der Waals surface area contributed by atoms with E-state index >= 15 is 0 Å². The van der Waals surface area contributed by atoms with E-state index in [9.17, 15) is 4.79 Å². The van der Waals surface area contributed by atoms with Gasteiger partial charge in [0.2, 0.25) is 5.91 Å². The van der Waals surface area contributed by atoms with E-state index in [1.165, 1.54) is 5.56 Å². The van der Waals surface area contributed by atoms with E-state index in [0.717, 1.165) is 57.7 Å². The van der Waals surface area contributed by atoms with Crippen molar-refractivity contribution in [2.75, 3.05) is 26.5 Å². The van der Waals surface area contributed by atoms with E-state index in [2.05, 4.69) is 89.1 Å². The number of fused-ring (bicyclic) bond motifs is 3. The molecule has 1 fully saturated rings. The van der Waals surface area contributed by atoms with E-state index in [0.29, 0.717) is 0 Å². The molecule has 2 unspecified atom stereocenters. The number of carbonyl (C=O) groups excluding carboxylic acids is 1. The minimum absolute atomic E-state index is 0.0792. The molecule has 0 bridgehead atoms. The molecule has 6 heteroatoms. The third-order valence-electron chi connectivity index (χ3n) is 7.22. The van der Waals surface area contributed by atoms with E-state index in [1.54, 1.807) is 7.11 Å². The number of aromatic nitrogens is 2. The molecular formula is C29H28N4O2. The van der Waals surface area contributed by atoms with E-state index in [-0.39, 0.29) is 11.8 Å². The molecule has 35 heavy (non-hydrogen) atoms. The normalized spacial score (nSPS) is 20.7. The standard InChI is InChI=1S/C29H28N4O2/c1-33(2)17-19-6-4-5-18(13-19)7-11-25-22-10-8-20(14-27(22)32-31-25)24-16-29(24)23-15-21(35-3)9-12-26(23)30-28(29)34/h4-15,24H,16-17H2,1-3H3,(H,30,34)(H,31,32). The van der Waals surface area contributed by atoms with Crippen LogP contribution >= 0.6 is 0 Å². The predicted octanol–water partition coefficient (Wildman–Crippen LogP) is 5.18. The van der Waals surface area contributed by atoms with Crippen LogP contribution in [0.15, 0.2) is 60.7 Å². The summed E-state index contributed by atoms with van der Waals surface area (Å²) in [5.41, 5.74) is 6.90. The molecule has 1 saturated carbocycles. The van der Waals surface area contributed by atoms with Gasteiger partial charge in [0.05, 0.1) is 23.7 Å². The largest absolute Gasteiger partial charge is 0.497 e. The van der Waals surface area contributed by atoms with Gasteiger partial charge in [-0.05, 0) is 73.1 Å². The fraction of sp³-hybridized carbons (Fsp3) is 0.241. The third kappa shape index (κ3) is 3.61. The van der Waals surface area contributed by atoms with Gasteiger partial charge in [-0.1, -0.05) is 42.5 Å². The molecule has 0 saturated heterocycles. The van der Waals surface area contributed by atoms with Gasteiger partial charge in [-0.3, -0.25) is 9.89 Å². The lowest BCUT2D eigenvalue weighted by molar-refractivity contribution is -0.118. The zero-order chi connectivity index (χ0) is 24.2. The van der Waals surface area contributed by atoms with Gasteiger partial charge in [-0.2, -0.15) is 5.10 Å². The van der Waals surface area contributed by atoms with Crippen molar-refractivity contribution in [1.82, 2.24) is 15.1 Å². The number of carbonyl (C=O) groups is 1. The van der Waals surface area contributed by atoms with E-state index < -0.39 is 5.41 Å². The summed E-state index contributed by atoms with van der Waals surface area (Å²) in [6.07, 6.45) is 4.96. The van der Waals surface area contributed by atoms with Gasteiger partial charge < -0.3 is 15.0 Å². The van der Waals surface area contributed by atoms with Crippen molar-refractivity contribution in [1.29, 1.82) is 0 Å². The summed E-state index contributed by atoms with van der Waals surface area (Å²) in [6, 6.07) is 20.8. The summed E-state index contributed by atoms with van der Waals surface area (Å²) in [5.74, 6) is 0.996. The second-order valence-corrected chi connectivity index (χ2v) is 9.82. The molecular weight excluding hydrogens is 436 g/mol. The first kappa shape index (κ1) is 21.6. The van der Waals surface area contributed by atoms with E-state index in [1.807, 2.05) is 18.2 Å². The molecule has 1 amide bonds. The number of benzene rings is 3. The zero-order valence-corrected chi connectivity index (χ0v) is 20.1. The molecule has 4 aromatic rings. The number of ether oxygens (including phenoxy) is 1. The van der Waals surface area contributed by atoms with Crippen LogP contribution in [0.25, 0.3) is 23.1 Å². The van der Waals surface area contributed by atoms with Crippen molar-refractivity contribution in [3.63, 3.8) is 0 Å². The predicted molar refractivity (Wildman–Crippen MR) is 140 cm³/mol.